The molecule has 1 aromatic carbocycles. The molecule has 21 heavy (non-hydrogen) atoms. The Morgan fingerprint density at radius 3 is 2.86 bits per heavy atom. The lowest BCUT2D eigenvalue weighted by Crippen LogP contribution is -2.53. The highest BCUT2D eigenvalue weighted by Crippen LogP contribution is 2.44. The van der Waals surface area contributed by atoms with Crippen LogP contribution in [0, 0.1) is 11.3 Å². The smallest absolute Gasteiger partial charge is 0.320 e. The Morgan fingerprint density at radius 2 is 2.14 bits per heavy atom. The number of carbonyl (C=O) groups is 2. The summed E-state index contributed by atoms with van der Waals surface area (Å²) >= 11 is 0. The first-order valence-corrected chi connectivity index (χ1v) is 7.63. The molecule has 1 aromatic rings. The van der Waals surface area contributed by atoms with Crippen LogP contribution in [0.1, 0.15) is 25.3 Å². The molecule has 1 aliphatic heterocycles. The number of ether oxygens (including phenoxy) is 1. The van der Waals surface area contributed by atoms with Crippen molar-refractivity contribution in [2.45, 2.75) is 26.3 Å². The molecule has 2 unspecified atom stereocenters. The Morgan fingerprint density at radius 1 is 1.38 bits per heavy atom. The molecule has 0 amide bonds. The number of hydrogen-bond donors (Lipinski definition) is 0. The van der Waals surface area contributed by atoms with Crippen LogP contribution in [0.2, 0.25) is 0 Å². The van der Waals surface area contributed by atoms with Gasteiger partial charge in [-0.1, -0.05) is 30.3 Å². The van der Waals surface area contributed by atoms with Crippen LogP contribution in [0.15, 0.2) is 30.3 Å². The average Bonchev–Trinajstić information content (AvgIpc) is 2.69. The summed E-state index contributed by atoms with van der Waals surface area (Å²) in [5, 5.41) is 0. The number of likely N-dealkylation sites (tertiary alicyclic amines) is 1. The number of carbonyl (C=O) groups excluding carboxylic acids is 2. The molecule has 1 aliphatic carbocycles. The van der Waals surface area contributed by atoms with Crippen LogP contribution in [-0.4, -0.2) is 36.3 Å². The van der Waals surface area contributed by atoms with Gasteiger partial charge in [0.25, 0.3) is 0 Å². The number of ketones is 1. The van der Waals surface area contributed by atoms with Crippen LogP contribution >= 0.6 is 0 Å². The van der Waals surface area contributed by atoms with Crippen LogP contribution in [0.4, 0.5) is 0 Å². The summed E-state index contributed by atoms with van der Waals surface area (Å²) < 4.78 is 5.18. The first-order valence-electron chi connectivity index (χ1n) is 7.63. The Balaban J connectivity index is 1.78. The topological polar surface area (TPSA) is 46.6 Å². The van der Waals surface area contributed by atoms with Gasteiger partial charge in [-0.3, -0.25) is 14.5 Å². The Bertz CT molecular complexity index is 542. The molecule has 0 radical (unpaired) electrons. The second kappa shape index (κ2) is 5.60. The van der Waals surface area contributed by atoms with Gasteiger partial charge in [0.05, 0.1) is 6.61 Å². The fourth-order valence-corrected chi connectivity index (χ4v) is 3.65. The SMILES string of the molecule is CCOC(=O)C12CCC(CN(Cc3ccccc3)C1)C2=O. The van der Waals surface area contributed by atoms with Gasteiger partial charge >= 0.3 is 5.97 Å². The maximum absolute atomic E-state index is 12.5. The fourth-order valence-electron chi connectivity index (χ4n) is 3.65. The van der Waals surface area contributed by atoms with E-state index in [-0.39, 0.29) is 17.7 Å². The average molecular weight is 287 g/mol. The number of piperidine rings is 1. The predicted octanol–water partition coefficient (Wildman–Crippen LogP) is 2.03. The number of esters is 1. The molecule has 1 saturated carbocycles. The molecule has 2 atom stereocenters. The van der Waals surface area contributed by atoms with Crippen molar-refractivity contribution >= 4 is 11.8 Å². The van der Waals surface area contributed by atoms with Gasteiger partial charge in [-0.25, -0.2) is 0 Å². The van der Waals surface area contributed by atoms with Crippen molar-refractivity contribution in [2.75, 3.05) is 19.7 Å². The van der Waals surface area contributed by atoms with Gasteiger partial charge in [0.1, 0.15) is 5.41 Å². The van der Waals surface area contributed by atoms with Gasteiger partial charge in [0, 0.05) is 25.6 Å². The molecule has 3 rings (SSSR count). The van der Waals surface area contributed by atoms with Gasteiger partial charge in [0.15, 0.2) is 5.78 Å². The van der Waals surface area contributed by atoms with Crippen molar-refractivity contribution in [1.82, 2.24) is 4.90 Å². The van der Waals surface area contributed by atoms with Gasteiger partial charge in [-0.15, -0.1) is 0 Å². The summed E-state index contributed by atoms with van der Waals surface area (Å²) in [5.41, 5.74) is 0.304. The fraction of sp³-hybridized carbons (Fsp3) is 0.529. The van der Waals surface area contributed by atoms with Crippen molar-refractivity contribution in [3.05, 3.63) is 35.9 Å². The minimum Gasteiger partial charge on any atom is -0.465 e. The first kappa shape index (κ1) is 14.3. The molecule has 4 heteroatoms. The highest BCUT2D eigenvalue weighted by molar-refractivity contribution is 6.07. The van der Waals surface area contributed by atoms with Crippen LogP contribution in [0.3, 0.4) is 0 Å². The standard InChI is InChI=1S/C17H21NO3/c1-2-21-16(20)17-9-8-14(15(17)19)11-18(12-17)10-13-6-4-3-5-7-13/h3-7,14H,2,8-12H2,1H3. The van der Waals surface area contributed by atoms with Crippen molar-refractivity contribution in [1.29, 1.82) is 0 Å². The Hall–Kier alpha value is -1.68. The van der Waals surface area contributed by atoms with E-state index in [4.69, 9.17) is 4.74 Å². The quantitative estimate of drug-likeness (QED) is 0.628. The molecule has 2 bridgehead atoms. The van der Waals surface area contributed by atoms with Gasteiger partial charge < -0.3 is 4.74 Å². The molecular weight excluding hydrogens is 266 g/mol. The van der Waals surface area contributed by atoms with E-state index < -0.39 is 5.41 Å². The van der Waals surface area contributed by atoms with E-state index in [2.05, 4.69) is 17.0 Å². The zero-order valence-electron chi connectivity index (χ0n) is 12.4. The van der Waals surface area contributed by atoms with Gasteiger partial charge in [0.2, 0.25) is 0 Å². The van der Waals surface area contributed by atoms with Crippen molar-refractivity contribution < 1.29 is 14.3 Å². The zero-order chi connectivity index (χ0) is 14.9. The number of nitrogens with zero attached hydrogens (tertiary/aromatic N) is 1. The van der Waals surface area contributed by atoms with Crippen LogP contribution in [0.5, 0.6) is 0 Å². The van der Waals surface area contributed by atoms with E-state index in [0.717, 1.165) is 19.5 Å². The summed E-state index contributed by atoms with van der Waals surface area (Å²) in [7, 11) is 0. The highest BCUT2D eigenvalue weighted by atomic mass is 16.5. The summed E-state index contributed by atoms with van der Waals surface area (Å²) in [6.45, 7) is 4.16. The van der Waals surface area contributed by atoms with E-state index >= 15 is 0 Å². The molecule has 2 aliphatic rings. The van der Waals surface area contributed by atoms with E-state index in [0.29, 0.717) is 19.6 Å². The molecule has 0 N–H and O–H groups in total. The third-order valence-electron chi connectivity index (χ3n) is 4.65. The van der Waals surface area contributed by atoms with Crippen LogP contribution in [0.25, 0.3) is 0 Å². The van der Waals surface area contributed by atoms with Crippen LogP contribution < -0.4 is 0 Å². The van der Waals surface area contributed by atoms with Crippen LogP contribution in [-0.2, 0) is 20.9 Å². The van der Waals surface area contributed by atoms with E-state index in [1.54, 1.807) is 6.92 Å². The number of benzene rings is 1. The summed E-state index contributed by atoms with van der Waals surface area (Å²) in [6, 6.07) is 10.2. The minimum atomic E-state index is -0.909. The monoisotopic (exact) mass is 287 g/mol. The lowest BCUT2D eigenvalue weighted by Gasteiger charge is -2.37. The molecule has 4 nitrogen and oxygen atoms in total. The first-order chi connectivity index (χ1) is 10.2. The maximum atomic E-state index is 12.5. The predicted molar refractivity (Wildman–Crippen MR) is 78.5 cm³/mol. The number of hydrogen-bond acceptors (Lipinski definition) is 4. The third-order valence-corrected chi connectivity index (χ3v) is 4.65. The Kier molecular flexibility index (Phi) is 3.81. The lowest BCUT2D eigenvalue weighted by atomic mass is 9.80. The number of fused-ring (bicyclic) bond motifs is 2. The zero-order valence-corrected chi connectivity index (χ0v) is 12.4. The lowest BCUT2D eigenvalue weighted by molar-refractivity contribution is -0.163. The van der Waals surface area contributed by atoms with Gasteiger partial charge in [-0.2, -0.15) is 0 Å². The van der Waals surface area contributed by atoms with Crippen molar-refractivity contribution in [2.24, 2.45) is 11.3 Å². The number of Topliss-reactive ketones (excluding diaryl/α,β-unsaturated/α-hetero) is 1. The molecule has 1 heterocycles. The second-order valence-electron chi connectivity index (χ2n) is 6.06. The summed E-state index contributed by atoms with van der Waals surface area (Å²) in [4.78, 5) is 27.0. The highest BCUT2D eigenvalue weighted by Gasteiger charge is 2.58. The molecule has 0 spiro atoms. The van der Waals surface area contributed by atoms with Crippen molar-refractivity contribution in [3.63, 3.8) is 0 Å². The van der Waals surface area contributed by atoms with E-state index in [1.165, 1.54) is 5.56 Å². The van der Waals surface area contributed by atoms with Gasteiger partial charge in [-0.05, 0) is 25.3 Å². The largest absolute Gasteiger partial charge is 0.465 e. The maximum Gasteiger partial charge on any atom is 0.320 e. The normalized spacial score (nSPS) is 28.6. The summed E-state index contributed by atoms with van der Waals surface area (Å²) in [6.07, 6.45) is 1.45. The van der Waals surface area contributed by atoms with E-state index in [1.807, 2.05) is 18.2 Å². The minimum absolute atomic E-state index is 0.00753. The van der Waals surface area contributed by atoms with Crippen molar-refractivity contribution in [3.8, 4) is 0 Å². The number of rotatable bonds is 4. The summed E-state index contributed by atoms with van der Waals surface area (Å²) in [5.74, 6) is -0.229. The van der Waals surface area contributed by atoms with E-state index in [9.17, 15) is 9.59 Å². The third kappa shape index (κ3) is 2.48. The Labute approximate surface area is 125 Å². The molecule has 0 aromatic heterocycles. The second-order valence-corrected chi connectivity index (χ2v) is 6.06. The molecule has 2 fully saturated rings. The molecular formula is C17H21NO3. The molecule has 1 saturated heterocycles. The molecule has 112 valence electrons.